The monoisotopic (exact) mass is 256 g/mol. The summed E-state index contributed by atoms with van der Waals surface area (Å²) in [6.45, 7) is 7.30. The average molecular weight is 256 g/mol. The van der Waals surface area contributed by atoms with Crippen LogP contribution in [0.2, 0.25) is 0 Å². The molecule has 2 atom stereocenters. The van der Waals surface area contributed by atoms with Crippen LogP contribution in [0.25, 0.3) is 0 Å². The Kier molecular flexibility index (Phi) is 5.59. The first-order valence-electron chi connectivity index (χ1n) is 6.69. The Bertz CT molecular complexity index is 299. The van der Waals surface area contributed by atoms with Crippen molar-refractivity contribution in [2.24, 2.45) is 5.92 Å². The van der Waals surface area contributed by atoms with Crippen molar-refractivity contribution >= 4 is 11.9 Å². The van der Waals surface area contributed by atoms with Crippen molar-refractivity contribution < 1.29 is 14.7 Å². The fourth-order valence-corrected chi connectivity index (χ4v) is 2.30. The molecule has 0 radical (unpaired) electrons. The second-order valence-electron chi connectivity index (χ2n) is 5.44. The minimum Gasteiger partial charge on any atom is -0.480 e. The van der Waals surface area contributed by atoms with E-state index in [1.165, 1.54) is 0 Å². The quantitative estimate of drug-likeness (QED) is 0.746. The first-order valence-corrected chi connectivity index (χ1v) is 6.69. The predicted molar refractivity (Wildman–Crippen MR) is 69.3 cm³/mol. The van der Waals surface area contributed by atoms with Crippen LogP contribution in [-0.4, -0.2) is 47.1 Å². The highest BCUT2D eigenvalue weighted by molar-refractivity contribution is 5.83. The highest BCUT2D eigenvalue weighted by Crippen LogP contribution is 2.11. The highest BCUT2D eigenvalue weighted by atomic mass is 16.4. The second kappa shape index (κ2) is 6.73. The van der Waals surface area contributed by atoms with Crippen LogP contribution >= 0.6 is 0 Å². The van der Waals surface area contributed by atoms with E-state index in [4.69, 9.17) is 5.11 Å². The minimum absolute atomic E-state index is 0.0162. The smallest absolute Gasteiger partial charge is 0.320 e. The molecule has 1 amide bonds. The van der Waals surface area contributed by atoms with E-state index < -0.39 is 18.1 Å². The van der Waals surface area contributed by atoms with Gasteiger partial charge in [0.05, 0.1) is 6.04 Å². The maximum absolute atomic E-state index is 12.1. The van der Waals surface area contributed by atoms with Crippen LogP contribution in [0.3, 0.4) is 0 Å². The van der Waals surface area contributed by atoms with Crippen molar-refractivity contribution in [2.45, 2.75) is 52.1 Å². The normalized spacial score (nSPS) is 19.0. The molecule has 0 aromatic carbocycles. The van der Waals surface area contributed by atoms with Gasteiger partial charge in [0, 0.05) is 13.1 Å². The number of hydrogen-bond donors (Lipinski definition) is 2. The number of carboxylic acids is 1. The molecule has 1 heterocycles. The van der Waals surface area contributed by atoms with Crippen molar-refractivity contribution in [1.82, 2.24) is 10.2 Å². The van der Waals surface area contributed by atoms with Gasteiger partial charge in [-0.1, -0.05) is 13.8 Å². The molecule has 0 saturated carbocycles. The summed E-state index contributed by atoms with van der Waals surface area (Å²) in [6.07, 6.45) is 2.63. The number of nitrogens with zero attached hydrogens (tertiary/aromatic N) is 1. The van der Waals surface area contributed by atoms with Crippen LogP contribution in [0.1, 0.15) is 40.0 Å². The van der Waals surface area contributed by atoms with Crippen LogP contribution in [0.5, 0.6) is 0 Å². The van der Waals surface area contributed by atoms with Crippen LogP contribution in [-0.2, 0) is 9.59 Å². The summed E-state index contributed by atoms with van der Waals surface area (Å²) < 4.78 is 0. The van der Waals surface area contributed by atoms with Crippen molar-refractivity contribution in [3.63, 3.8) is 0 Å². The minimum atomic E-state index is -0.884. The van der Waals surface area contributed by atoms with Gasteiger partial charge < -0.3 is 10.0 Å². The van der Waals surface area contributed by atoms with Gasteiger partial charge in [-0.2, -0.15) is 0 Å². The standard InChI is InChI=1S/C13H24N2O3/c1-9(2)8-11(13(17)18)14-10(3)12(16)15-6-4-5-7-15/h9-11,14H,4-8H2,1-3H3,(H,17,18). The summed E-state index contributed by atoms with van der Waals surface area (Å²) in [4.78, 5) is 25.0. The Morgan fingerprint density at radius 3 is 2.22 bits per heavy atom. The number of nitrogens with one attached hydrogen (secondary N) is 1. The molecule has 1 fully saturated rings. The maximum Gasteiger partial charge on any atom is 0.320 e. The lowest BCUT2D eigenvalue weighted by Crippen LogP contribution is -2.50. The first-order chi connectivity index (χ1) is 8.41. The third-order valence-corrected chi connectivity index (χ3v) is 3.24. The lowest BCUT2D eigenvalue weighted by Gasteiger charge is -2.25. The maximum atomic E-state index is 12.1. The fourth-order valence-electron chi connectivity index (χ4n) is 2.30. The second-order valence-corrected chi connectivity index (χ2v) is 5.44. The Labute approximate surface area is 109 Å². The van der Waals surface area contributed by atoms with Gasteiger partial charge >= 0.3 is 5.97 Å². The van der Waals surface area contributed by atoms with E-state index in [0.717, 1.165) is 25.9 Å². The van der Waals surface area contributed by atoms with E-state index in [9.17, 15) is 9.59 Å². The van der Waals surface area contributed by atoms with Gasteiger partial charge in [-0.15, -0.1) is 0 Å². The molecule has 0 aliphatic carbocycles. The van der Waals surface area contributed by atoms with Gasteiger partial charge in [0.2, 0.25) is 5.91 Å². The first kappa shape index (κ1) is 15.0. The van der Waals surface area contributed by atoms with Gasteiger partial charge in [0.25, 0.3) is 0 Å². The Morgan fingerprint density at radius 2 is 1.78 bits per heavy atom. The largest absolute Gasteiger partial charge is 0.480 e. The molecule has 1 aliphatic heterocycles. The van der Waals surface area contributed by atoms with Crippen molar-refractivity contribution in [1.29, 1.82) is 0 Å². The zero-order valence-corrected chi connectivity index (χ0v) is 11.5. The summed E-state index contributed by atoms with van der Waals surface area (Å²) in [6, 6.07) is -1.07. The summed E-state index contributed by atoms with van der Waals surface area (Å²) in [5.74, 6) is -0.583. The molecule has 1 aliphatic rings. The summed E-state index contributed by atoms with van der Waals surface area (Å²) in [7, 11) is 0. The van der Waals surface area contributed by atoms with Gasteiger partial charge in [-0.3, -0.25) is 14.9 Å². The fraction of sp³-hybridized carbons (Fsp3) is 0.846. The highest BCUT2D eigenvalue weighted by Gasteiger charge is 2.27. The van der Waals surface area contributed by atoms with Crippen molar-refractivity contribution in [2.75, 3.05) is 13.1 Å². The summed E-state index contributed by atoms with van der Waals surface area (Å²) in [5, 5.41) is 12.1. The van der Waals surface area contributed by atoms with E-state index in [1.54, 1.807) is 6.92 Å². The van der Waals surface area contributed by atoms with E-state index in [0.29, 0.717) is 6.42 Å². The van der Waals surface area contributed by atoms with Crippen LogP contribution in [0.4, 0.5) is 0 Å². The summed E-state index contributed by atoms with van der Waals surface area (Å²) in [5.41, 5.74) is 0. The predicted octanol–water partition coefficient (Wildman–Crippen LogP) is 1.09. The molecule has 0 spiro atoms. The van der Waals surface area contributed by atoms with Gasteiger partial charge in [0.15, 0.2) is 0 Å². The Hall–Kier alpha value is -1.10. The number of rotatable bonds is 6. The van der Waals surface area contributed by atoms with Gasteiger partial charge in [0.1, 0.15) is 6.04 Å². The molecular formula is C13H24N2O3. The lowest BCUT2D eigenvalue weighted by molar-refractivity contribution is -0.140. The zero-order valence-electron chi connectivity index (χ0n) is 11.5. The van der Waals surface area contributed by atoms with Crippen molar-refractivity contribution in [3.05, 3.63) is 0 Å². The van der Waals surface area contributed by atoms with E-state index in [-0.39, 0.29) is 11.8 Å². The number of amides is 1. The van der Waals surface area contributed by atoms with Crippen molar-refractivity contribution in [3.8, 4) is 0 Å². The molecule has 0 aromatic heterocycles. The molecule has 0 bridgehead atoms. The molecule has 1 rings (SSSR count). The Morgan fingerprint density at radius 1 is 1.22 bits per heavy atom. The van der Waals surface area contributed by atoms with Crippen LogP contribution in [0.15, 0.2) is 0 Å². The average Bonchev–Trinajstić information content (AvgIpc) is 2.79. The van der Waals surface area contributed by atoms with E-state index in [1.807, 2.05) is 18.7 Å². The number of carboxylic acid groups (broad SMARTS) is 1. The Balaban J connectivity index is 2.51. The van der Waals surface area contributed by atoms with E-state index in [2.05, 4.69) is 5.32 Å². The molecule has 5 heteroatoms. The molecule has 2 N–H and O–H groups in total. The third kappa shape index (κ3) is 4.29. The number of hydrogen-bond acceptors (Lipinski definition) is 3. The van der Waals surface area contributed by atoms with Gasteiger partial charge in [-0.25, -0.2) is 0 Å². The SMILES string of the molecule is CC(C)CC(NC(C)C(=O)N1CCCC1)C(=O)O. The zero-order chi connectivity index (χ0) is 13.7. The van der Waals surface area contributed by atoms with Crippen LogP contribution in [0, 0.1) is 5.92 Å². The van der Waals surface area contributed by atoms with Gasteiger partial charge in [-0.05, 0) is 32.1 Å². The number of carbonyl (C=O) groups is 2. The lowest BCUT2D eigenvalue weighted by atomic mass is 10.0. The number of aliphatic carboxylic acids is 1. The van der Waals surface area contributed by atoms with Crippen LogP contribution < -0.4 is 5.32 Å². The molecule has 18 heavy (non-hydrogen) atoms. The molecular weight excluding hydrogens is 232 g/mol. The molecule has 2 unspecified atom stereocenters. The number of likely N-dealkylation sites (tertiary alicyclic amines) is 1. The molecule has 5 nitrogen and oxygen atoms in total. The summed E-state index contributed by atoms with van der Waals surface area (Å²) >= 11 is 0. The topological polar surface area (TPSA) is 69.6 Å². The number of carbonyl (C=O) groups excluding carboxylic acids is 1. The third-order valence-electron chi connectivity index (χ3n) is 3.24. The van der Waals surface area contributed by atoms with E-state index >= 15 is 0 Å². The molecule has 104 valence electrons. The molecule has 0 aromatic rings. The molecule has 1 saturated heterocycles.